The molecular formula is C12H31N3O3. The maximum atomic E-state index is 8.95. The summed E-state index contributed by atoms with van der Waals surface area (Å²) >= 11 is 0. The highest BCUT2D eigenvalue weighted by Crippen LogP contribution is 1.82. The first-order valence-electron chi connectivity index (χ1n) is 6.51. The number of rotatable bonds is 7. The number of likely N-dealkylation sites (N-methyl/N-ethyl adjacent to an activating group) is 2. The molecule has 0 aromatic rings. The second kappa shape index (κ2) is 21.4. The molecule has 0 unspecified atom stereocenters. The molecule has 0 aromatic heterocycles. The topological polar surface area (TPSA) is 67.6 Å². The molecular weight excluding hydrogens is 234 g/mol. The van der Waals surface area contributed by atoms with Crippen molar-refractivity contribution < 1.29 is 9.92 Å². The van der Waals surface area contributed by atoms with Gasteiger partial charge < -0.3 is 15.1 Å². The molecule has 112 valence electrons. The van der Waals surface area contributed by atoms with Gasteiger partial charge in [0.1, 0.15) is 0 Å². The predicted molar refractivity (Wildman–Crippen MR) is 76.3 cm³/mol. The fourth-order valence-electron chi connectivity index (χ4n) is 0.796. The largest absolute Gasteiger partial charge is 0.318 e. The first-order chi connectivity index (χ1) is 8.49. The minimum Gasteiger partial charge on any atom is -0.318 e. The van der Waals surface area contributed by atoms with E-state index in [2.05, 4.69) is 42.9 Å². The molecule has 0 aliphatic heterocycles. The summed E-state index contributed by atoms with van der Waals surface area (Å²) in [7, 11) is 5.14. The zero-order valence-electron chi connectivity index (χ0n) is 12.9. The summed E-state index contributed by atoms with van der Waals surface area (Å²) in [5.74, 6) is 0. The van der Waals surface area contributed by atoms with E-state index in [0.29, 0.717) is 0 Å². The van der Waals surface area contributed by atoms with E-state index in [1.165, 1.54) is 25.8 Å². The maximum Gasteiger partial charge on any atom is 0.294 e. The summed E-state index contributed by atoms with van der Waals surface area (Å²) in [5.41, 5.74) is 0. The molecule has 0 saturated heterocycles. The van der Waals surface area contributed by atoms with Gasteiger partial charge in [0.25, 0.3) is 5.09 Å². The zero-order chi connectivity index (χ0) is 14.8. The van der Waals surface area contributed by atoms with Crippen LogP contribution in [0.5, 0.6) is 0 Å². The van der Waals surface area contributed by atoms with Gasteiger partial charge in [0, 0.05) is 13.1 Å². The van der Waals surface area contributed by atoms with E-state index in [9.17, 15) is 0 Å². The summed E-state index contributed by atoms with van der Waals surface area (Å²) in [6, 6.07) is 0. The molecule has 0 radical (unpaired) electrons. The van der Waals surface area contributed by atoms with Crippen LogP contribution in [-0.4, -0.2) is 50.8 Å². The molecule has 0 saturated carbocycles. The Hall–Kier alpha value is -0.880. The molecule has 0 heterocycles. The lowest BCUT2D eigenvalue weighted by Crippen LogP contribution is -2.27. The Labute approximate surface area is 112 Å². The molecule has 0 rings (SSSR count). The summed E-state index contributed by atoms with van der Waals surface area (Å²) in [4.78, 5) is 14.8. The Bertz CT molecular complexity index is 156. The molecule has 0 fully saturated rings. The molecule has 0 amide bonds. The van der Waals surface area contributed by atoms with Gasteiger partial charge >= 0.3 is 0 Å². The van der Waals surface area contributed by atoms with Gasteiger partial charge in [-0.1, -0.05) is 33.6 Å². The van der Waals surface area contributed by atoms with Crippen LogP contribution in [0.15, 0.2) is 0 Å². The van der Waals surface area contributed by atoms with Crippen LogP contribution < -0.4 is 5.32 Å². The van der Waals surface area contributed by atoms with E-state index in [1.54, 1.807) is 0 Å². The molecule has 0 bridgehead atoms. The van der Waals surface area contributed by atoms with Crippen molar-refractivity contribution in [3.8, 4) is 0 Å². The van der Waals surface area contributed by atoms with Crippen LogP contribution in [0.2, 0.25) is 0 Å². The van der Waals surface area contributed by atoms with Crippen molar-refractivity contribution in [3.63, 3.8) is 0 Å². The summed E-state index contributed by atoms with van der Waals surface area (Å²) < 4.78 is 0. The average molecular weight is 265 g/mol. The van der Waals surface area contributed by atoms with Gasteiger partial charge in [-0.05, 0) is 27.1 Å². The minimum atomic E-state index is -0.875. The second-order valence-electron chi connectivity index (χ2n) is 3.81. The summed E-state index contributed by atoms with van der Waals surface area (Å²) in [6.07, 6.45) is 3.89. The lowest BCUT2D eigenvalue weighted by atomic mass is 10.4. The van der Waals surface area contributed by atoms with Gasteiger partial charge in [-0.15, -0.1) is 10.1 Å². The average Bonchev–Trinajstić information content (AvgIpc) is 2.37. The van der Waals surface area contributed by atoms with Crippen molar-refractivity contribution in [3.05, 3.63) is 10.1 Å². The molecule has 18 heavy (non-hydrogen) atoms. The lowest BCUT2D eigenvalue weighted by Gasteiger charge is -2.13. The Morgan fingerprint density at radius 2 is 1.61 bits per heavy atom. The molecule has 0 aromatic carbocycles. The fraction of sp³-hybridized carbons (Fsp3) is 1.00. The van der Waals surface area contributed by atoms with Crippen LogP contribution in [0, 0.1) is 10.1 Å². The van der Waals surface area contributed by atoms with Gasteiger partial charge in [0.15, 0.2) is 0 Å². The van der Waals surface area contributed by atoms with E-state index in [-0.39, 0.29) is 0 Å². The first kappa shape index (κ1) is 22.3. The van der Waals surface area contributed by atoms with Crippen LogP contribution >= 0.6 is 0 Å². The van der Waals surface area contributed by atoms with Crippen molar-refractivity contribution >= 4 is 0 Å². The third kappa shape index (κ3) is 36.2. The van der Waals surface area contributed by atoms with Crippen LogP contribution in [0.4, 0.5) is 0 Å². The van der Waals surface area contributed by atoms with Crippen molar-refractivity contribution in [1.82, 2.24) is 10.2 Å². The van der Waals surface area contributed by atoms with E-state index in [4.69, 9.17) is 10.1 Å². The van der Waals surface area contributed by atoms with Gasteiger partial charge in [0.05, 0.1) is 7.11 Å². The quantitative estimate of drug-likeness (QED) is 0.564. The number of nitrogens with zero attached hydrogens (tertiary/aromatic N) is 2. The monoisotopic (exact) mass is 265 g/mol. The molecule has 6 heteroatoms. The lowest BCUT2D eigenvalue weighted by molar-refractivity contribution is -0.749. The third-order valence-corrected chi connectivity index (χ3v) is 2.00. The zero-order valence-corrected chi connectivity index (χ0v) is 12.9. The second-order valence-corrected chi connectivity index (χ2v) is 3.81. The van der Waals surface area contributed by atoms with Crippen molar-refractivity contribution in [1.29, 1.82) is 0 Å². The highest BCUT2D eigenvalue weighted by atomic mass is 16.9. The molecule has 0 spiro atoms. The number of nitrogens with one attached hydrogen (secondary N) is 1. The van der Waals surface area contributed by atoms with E-state index in [1.807, 2.05) is 7.05 Å². The summed E-state index contributed by atoms with van der Waals surface area (Å²) in [5, 5.41) is 11.2. The van der Waals surface area contributed by atoms with Crippen LogP contribution in [0.3, 0.4) is 0 Å². The van der Waals surface area contributed by atoms with Crippen molar-refractivity contribution in [2.45, 2.75) is 40.0 Å². The Kier molecular flexibility index (Phi) is 26.5. The van der Waals surface area contributed by atoms with E-state index < -0.39 is 5.09 Å². The number of hydrogen-bond acceptors (Lipinski definition) is 5. The van der Waals surface area contributed by atoms with Crippen LogP contribution in [0.25, 0.3) is 0 Å². The van der Waals surface area contributed by atoms with Gasteiger partial charge in [-0.2, -0.15) is 0 Å². The van der Waals surface area contributed by atoms with E-state index in [0.717, 1.165) is 20.2 Å². The summed E-state index contributed by atoms with van der Waals surface area (Å²) in [6.45, 7) is 10.0. The SMILES string of the molecule is CCCC.CCCN(C)CCNC.CO[N+](=O)[O-]. The minimum absolute atomic E-state index is 0.875. The number of hydrogen-bond donors (Lipinski definition) is 1. The number of unbranched alkanes of at least 4 members (excludes halogenated alkanes) is 1. The van der Waals surface area contributed by atoms with Crippen molar-refractivity contribution in [2.24, 2.45) is 0 Å². The molecule has 6 nitrogen and oxygen atoms in total. The van der Waals surface area contributed by atoms with Gasteiger partial charge in [-0.25, -0.2) is 0 Å². The smallest absolute Gasteiger partial charge is 0.294 e. The van der Waals surface area contributed by atoms with Gasteiger partial charge in [-0.3, -0.25) is 0 Å². The normalized spacial score (nSPS) is 8.83. The maximum absolute atomic E-state index is 8.95. The van der Waals surface area contributed by atoms with E-state index >= 15 is 0 Å². The third-order valence-electron chi connectivity index (χ3n) is 2.00. The molecule has 0 atom stereocenters. The first-order valence-corrected chi connectivity index (χ1v) is 6.51. The highest BCUT2D eigenvalue weighted by molar-refractivity contribution is 4.50. The van der Waals surface area contributed by atoms with Crippen molar-refractivity contribution in [2.75, 3.05) is 40.8 Å². The Morgan fingerprint density at radius 3 is 1.83 bits per heavy atom. The standard InChI is InChI=1S/C7H18N2.C4H10.CH3NO3/c1-4-6-9(3)7-5-8-2;1-3-4-2;1-5-2(3)4/h8H,4-7H2,1-3H3;3-4H2,1-2H3;1H3. The van der Waals surface area contributed by atoms with Crippen LogP contribution in [0.1, 0.15) is 40.0 Å². The molecule has 0 aliphatic rings. The predicted octanol–water partition coefficient (Wildman–Crippen LogP) is 2.18. The molecule has 1 N–H and O–H groups in total. The van der Waals surface area contributed by atoms with Gasteiger partial charge in [0.2, 0.25) is 0 Å². The Morgan fingerprint density at radius 1 is 1.17 bits per heavy atom. The fourth-order valence-corrected chi connectivity index (χ4v) is 0.796. The Balaban J connectivity index is -0.000000212. The highest BCUT2D eigenvalue weighted by Gasteiger charge is 1.92. The van der Waals surface area contributed by atoms with Crippen LogP contribution in [-0.2, 0) is 4.84 Å². The molecule has 0 aliphatic carbocycles.